The van der Waals surface area contributed by atoms with Gasteiger partial charge in [-0.25, -0.2) is 4.79 Å². The van der Waals surface area contributed by atoms with Gasteiger partial charge in [-0.2, -0.15) is 0 Å². The number of nitrogens with zero attached hydrogens (tertiary/aromatic N) is 1. The number of hydrogen-bond acceptors (Lipinski definition) is 5. The van der Waals surface area contributed by atoms with Gasteiger partial charge in [0.05, 0.1) is 0 Å². The fraction of sp³-hybridized carbons (Fsp3) is 0.727. The minimum absolute atomic E-state index is 0.153. The van der Waals surface area contributed by atoms with Crippen LogP contribution in [0.2, 0.25) is 0 Å². The van der Waals surface area contributed by atoms with E-state index in [0.29, 0.717) is 6.54 Å². The van der Waals surface area contributed by atoms with Crippen molar-refractivity contribution in [1.82, 2.24) is 10.2 Å². The Balaban J connectivity index is 2.37. The number of thioether (sulfide) groups is 1. The van der Waals surface area contributed by atoms with E-state index < -0.39 is 17.1 Å². The fourth-order valence-corrected chi connectivity index (χ4v) is 2.46. The van der Waals surface area contributed by atoms with Crippen molar-refractivity contribution in [2.75, 3.05) is 18.8 Å². The highest BCUT2D eigenvalue weighted by Gasteiger charge is 2.29. The zero-order valence-electron chi connectivity index (χ0n) is 10.8. The molecule has 6 nitrogen and oxygen atoms in total. The second-order valence-corrected chi connectivity index (χ2v) is 6.06. The van der Waals surface area contributed by atoms with Crippen LogP contribution in [0.1, 0.15) is 20.8 Å². The van der Waals surface area contributed by atoms with Gasteiger partial charge in [-0.1, -0.05) is 0 Å². The zero-order chi connectivity index (χ0) is 13.8. The molecule has 1 saturated heterocycles. The van der Waals surface area contributed by atoms with Crippen LogP contribution in [-0.2, 0) is 14.3 Å². The van der Waals surface area contributed by atoms with E-state index in [4.69, 9.17) is 4.74 Å². The molecule has 1 aliphatic rings. The maximum absolute atomic E-state index is 11.8. The third-order valence-corrected chi connectivity index (χ3v) is 3.27. The zero-order valence-corrected chi connectivity index (χ0v) is 11.6. The summed E-state index contributed by atoms with van der Waals surface area (Å²) in [4.78, 5) is 35.3. The van der Waals surface area contributed by atoms with Crippen molar-refractivity contribution in [2.45, 2.75) is 31.7 Å². The first-order valence-electron chi connectivity index (χ1n) is 5.67. The van der Waals surface area contributed by atoms with Crippen molar-refractivity contribution in [2.24, 2.45) is 0 Å². The molecule has 1 N–H and O–H groups in total. The Morgan fingerprint density at radius 1 is 1.50 bits per heavy atom. The van der Waals surface area contributed by atoms with Gasteiger partial charge in [-0.15, -0.1) is 11.8 Å². The summed E-state index contributed by atoms with van der Waals surface area (Å²) in [6, 6.07) is 0. The summed E-state index contributed by atoms with van der Waals surface area (Å²) >= 11 is 1.42. The standard InChI is InChI=1S/C11H18N2O4S/c1-11(2,3)17-10(16)12-6-8(15)13-4-5-18-9(13)7-14/h7,9H,4-6H2,1-3H3,(H,12,16)/t9-/m0/s1. The molecule has 0 spiro atoms. The Morgan fingerprint density at radius 2 is 2.17 bits per heavy atom. The van der Waals surface area contributed by atoms with Crippen molar-refractivity contribution in [3.8, 4) is 0 Å². The SMILES string of the molecule is CC(C)(C)OC(=O)NCC(=O)N1CCS[C@H]1C=O. The van der Waals surface area contributed by atoms with Crippen molar-refractivity contribution >= 4 is 30.0 Å². The Hall–Kier alpha value is -1.24. The quantitative estimate of drug-likeness (QED) is 0.763. The van der Waals surface area contributed by atoms with Gasteiger partial charge in [0.15, 0.2) is 6.29 Å². The predicted octanol–water partition coefficient (Wildman–Crippen LogP) is 0.611. The maximum Gasteiger partial charge on any atom is 0.408 e. The van der Waals surface area contributed by atoms with Crippen LogP contribution in [-0.4, -0.2) is 53.0 Å². The van der Waals surface area contributed by atoms with E-state index in [1.54, 1.807) is 20.8 Å². The maximum atomic E-state index is 11.8. The Labute approximate surface area is 110 Å². The van der Waals surface area contributed by atoms with E-state index in [9.17, 15) is 14.4 Å². The van der Waals surface area contributed by atoms with Crippen LogP contribution in [0, 0.1) is 0 Å². The topological polar surface area (TPSA) is 75.7 Å². The van der Waals surface area contributed by atoms with E-state index in [0.717, 1.165) is 12.0 Å². The molecule has 1 heterocycles. The first-order chi connectivity index (χ1) is 8.33. The van der Waals surface area contributed by atoms with Crippen LogP contribution in [0.15, 0.2) is 0 Å². The number of nitrogens with one attached hydrogen (secondary N) is 1. The van der Waals surface area contributed by atoms with Crippen LogP contribution in [0.3, 0.4) is 0 Å². The molecule has 102 valence electrons. The highest BCUT2D eigenvalue weighted by atomic mass is 32.2. The van der Waals surface area contributed by atoms with E-state index >= 15 is 0 Å². The van der Waals surface area contributed by atoms with E-state index in [1.165, 1.54) is 16.7 Å². The Morgan fingerprint density at radius 3 is 2.72 bits per heavy atom. The minimum atomic E-state index is -0.634. The highest BCUT2D eigenvalue weighted by Crippen LogP contribution is 2.21. The van der Waals surface area contributed by atoms with Gasteiger partial charge in [0, 0.05) is 12.3 Å². The molecule has 1 aliphatic heterocycles. The number of amides is 2. The second kappa shape index (κ2) is 6.08. The number of hydrogen-bond donors (Lipinski definition) is 1. The molecule has 0 aromatic heterocycles. The van der Waals surface area contributed by atoms with E-state index in [-0.39, 0.29) is 12.5 Å². The molecule has 2 amide bonds. The Kier molecular flexibility index (Phi) is 5.01. The molecular weight excluding hydrogens is 256 g/mol. The lowest BCUT2D eigenvalue weighted by Gasteiger charge is -2.22. The summed E-state index contributed by atoms with van der Waals surface area (Å²) in [5, 5.41) is 1.95. The molecule has 0 aromatic carbocycles. The van der Waals surface area contributed by atoms with Gasteiger partial charge in [-0.05, 0) is 20.8 Å². The van der Waals surface area contributed by atoms with Crippen LogP contribution < -0.4 is 5.32 Å². The summed E-state index contributed by atoms with van der Waals surface area (Å²) in [6.45, 7) is 5.61. The normalized spacial score (nSPS) is 19.5. The number of alkyl carbamates (subject to hydrolysis) is 1. The van der Waals surface area contributed by atoms with Crippen molar-refractivity contribution in [3.63, 3.8) is 0 Å². The highest BCUT2D eigenvalue weighted by molar-refractivity contribution is 8.00. The first kappa shape index (κ1) is 14.8. The summed E-state index contributed by atoms with van der Waals surface area (Å²) in [5.74, 6) is 0.463. The van der Waals surface area contributed by atoms with Crippen molar-refractivity contribution in [3.05, 3.63) is 0 Å². The smallest absolute Gasteiger partial charge is 0.408 e. The van der Waals surface area contributed by atoms with Gasteiger partial charge in [0.2, 0.25) is 5.91 Å². The summed E-state index contributed by atoms with van der Waals surface area (Å²) in [6.07, 6.45) is 0.105. The minimum Gasteiger partial charge on any atom is -0.444 e. The Bertz CT molecular complexity index is 340. The third-order valence-electron chi connectivity index (χ3n) is 2.15. The molecule has 18 heavy (non-hydrogen) atoms. The van der Waals surface area contributed by atoms with Crippen LogP contribution in [0.5, 0.6) is 0 Å². The molecular formula is C11H18N2O4S. The molecule has 1 atom stereocenters. The lowest BCUT2D eigenvalue weighted by molar-refractivity contribution is -0.132. The lowest BCUT2D eigenvalue weighted by Crippen LogP contribution is -2.43. The largest absolute Gasteiger partial charge is 0.444 e. The number of ether oxygens (including phenoxy) is 1. The van der Waals surface area contributed by atoms with E-state index in [1.807, 2.05) is 0 Å². The molecule has 0 aliphatic carbocycles. The summed E-state index contributed by atoms with van der Waals surface area (Å²) < 4.78 is 5.01. The summed E-state index contributed by atoms with van der Waals surface area (Å²) in [5.41, 5.74) is -0.595. The molecule has 0 radical (unpaired) electrons. The van der Waals surface area contributed by atoms with Gasteiger partial charge in [0.1, 0.15) is 17.5 Å². The number of rotatable bonds is 3. The second-order valence-electron chi connectivity index (χ2n) is 4.84. The monoisotopic (exact) mass is 274 g/mol. The van der Waals surface area contributed by atoms with Gasteiger partial charge < -0.3 is 19.7 Å². The van der Waals surface area contributed by atoms with Gasteiger partial charge in [0.25, 0.3) is 0 Å². The molecule has 1 rings (SSSR count). The summed E-state index contributed by atoms with van der Waals surface area (Å²) in [7, 11) is 0. The van der Waals surface area contributed by atoms with Crippen molar-refractivity contribution < 1.29 is 19.1 Å². The van der Waals surface area contributed by atoms with Gasteiger partial charge in [-0.3, -0.25) is 4.79 Å². The number of carbonyl (C=O) groups is 3. The van der Waals surface area contributed by atoms with Crippen LogP contribution in [0.25, 0.3) is 0 Å². The van der Waals surface area contributed by atoms with E-state index in [2.05, 4.69) is 5.32 Å². The van der Waals surface area contributed by atoms with Crippen molar-refractivity contribution in [1.29, 1.82) is 0 Å². The number of aldehydes is 1. The van der Waals surface area contributed by atoms with Crippen LogP contribution >= 0.6 is 11.8 Å². The molecule has 0 saturated carbocycles. The predicted molar refractivity (Wildman–Crippen MR) is 68.3 cm³/mol. The van der Waals surface area contributed by atoms with Crippen LogP contribution in [0.4, 0.5) is 4.79 Å². The van der Waals surface area contributed by atoms with Gasteiger partial charge >= 0.3 is 6.09 Å². The third kappa shape index (κ3) is 4.56. The first-order valence-corrected chi connectivity index (χ1v) is 6.71. The molecule has 0 unspecified atom stereocenters. The number of carbonyl (C=O) groups excluding carboxylic acids is 3. The molecule has 0 bridgehead atoms. The fourth-order valence-electron chi connectivity index (χ4n) is 1.43. The molecule has 0 aromatic rings. The molecule has 7 heteroatoms. The lowest BCUT2D eigenvalue weighted by atomic mass is 10.2. The average Bonchev–Trinajstić information content (AvgIpc) is 2.71. The molecule has 1 fully saturated rings. The average molecular weight is 274 g/mol.